The molecule has 174 valence electrons. The van der Waals surface area contributed by atoms with Crippen molar-refractivity contribution in [3.8, 4) is 0 Å². The normalized spacial score (nSPS) is 16.2. The lowest BCUT2D eigenvalue weighted by atomic mass is 9.96. The molecule has 0 radical (unpaired) electrons. The van der Waals surface area contributed by atoms with E-state index in [0.717, 1.165) is 22.5 Å². The molecule has 1 aliphatic rings. The molecule has 1 saturated heterocycles. The lowest BCUT2D eigenvalue weighted by Gasteiger charge is -2.32. The number of carbonyl (C=O) groups excluding carboxylic acids is 1. The van der Waals surface area contributed by atoms with Crippen LogP contribution in [0.15, 0.2) is 47.4 Å². The lowest BCUT2D eigenvalue weighted by Crippen LogP contribution is -2.43. The molecule has 2 aromatic carbocycles. The van der Waals surface area contributed by atoms with Crippen LogP contribution in [0.1, 0.15) is 24.0 Å². The van der Waals surface area contributed by atoms with E-state index < -0.39 is 39.3 Å². The number of carbonyl (C=O) groups is 1. The quantitative estimate of drug-likeness (QED) is 0.612. The van der Waals surface area contributed by atoms with E-state index in [1.165, 1.54) is 30.1 Å². The summed E-state index contributed by atoms with van der Waals surface area (Å²) in [5, 5.41) is 0. The van der Waals surface area contributed by atoms with E-state index in [0.29, 0.717) is 6.07 Å². The van der Waals surface area contributed by atoms with E-state index in [1.807, 2.05) is 0 Å². The minimum Gasteiger partial charge on any atom is -0.341 e. The van der Waals surface area contributed by atoms with Crippen molar-refractivity contribution in [3.05, 3.63) is 65.2 Å². The summed E-state index contributed by atoms with van der Waals surface area (Å²) in [5.41, 5.74) is -0.846. The molecular formula is C21H21F5N2O3S. The molecule has 0 atom stereocenters. The maximum Gasteiger partial charge on any atom is 0.416 e. The van der Waals surface area contributed by atoms with Gasteiger partial charge >= 0.3 is 6.18 Å². The Balaban J connectivity index is 1.65. The molecule has 0 aromatic heterocycles. The fourth-order valence-corrected chi connectivity index (χ4v) is 5.19. The summed E-state index contributed by atoms with van der Waals surface area (Å²) in [7, 11) is -2.66. The second-order valence-electron chi connectivity index (χ2n) is 7.60. The highest BCUT2D eigenvalue weighted by molar-refractivity contribution is 7.89. The fraction of sp³-hybridized carbons (Fsp3) is 0.381. The van der Waals surface area contributed by atoms with Gasteiger partial charge in [0.15, 0.2) is 11.6 Å². The Morgan fingerprint density at radius 1 is 1.06 bits per heavy atom. The van der Waals surface area contributed by atoms with Gasteiger partial charge in [0.1, 0.15) is 0 Å². The molecule has 0 saturated carbocycles. The maximum absolute atomic E-state index is 13.4. The van der Waals surface area contributed by atoms with Crippen LogP contribution in [0.4, 0.5) is 22.0 Å². The Morgan fingerprint density at radius 2 is 1.69 bits per heavy atom. The summed E-state index contributed by atoms with van der Waals surface area (Å²) in [5.74, 6) is -3.39. The van der Waals surface area contributed by atoms with Gasteiger partial charge in [-0.05, 0) is 42.7 Å². The average molecular weight is 476 g/mol. The van der Waals surface area contributed by atoms with Gasteiger partial charge < -0.3 is 4.90 Å². The van der Waals surface area contributed by atoms with Crippen LogP contribution in [0.3, 0.4) is 0 Å². The molecule has 2 aromatic rings. The number of sulfonamides is 1. The Morgan fingerprint density at radius 3 is 2.28 bits per heavy atom. The topological polar surface area (TPSA) is 57.7 Å². The van der Waals surface area contributed by atoms with Gasteiger partial charge in [-0.25, -0.2) is 17.2 Å². The van der Waals surface area contributed by atoms with Crippen LogP contribution in [-0.2, 0) is 27.5 Å². The van der Waals surface area contributed by atoms with Gasteiger partial charge in [-0.1, -0.05) is 18.2 Å². The molecule has 32 heavy (non-hydrogen) atoms. The highest BCUT2D eigenvalue weighted by atomic mass is 32.2. The first-order valence-electron chi connectivity index (χ1n) is 9.76. The van der Waals surface area contributed by atoms with E-state index in [2.05, 4.69) is 0 Å². The SMILES string of the molecule is CN(Cc1ccccc1C(F)(F)F)C(=O)C1CCN(S(=O)(=O)c2ccc(F)c(F)c2)CC1. The predicted octanol–water partition coefficient (Wildman–Crippen LogP) is 4.04. The third-order valence-corrected chi connectivity index (χ3v) is 7.33. The highest BCUT2D eigenvalue weighted by Crippen LogP contribution is 2.33. The number of rotatable bonds is 5. The Hall–Kier alpha value is -2.53. The van der Waals surface area contributed by atoms with Crippen molar-refractivity contribution < 1.29 is 35.2 Å². The molecule has 1 aliphatic heterocycles. The number of amides is 1. The summed E-state index contributed by atoms with van der Waals surface area (Å²) < 4.78 is 92.5. The molecule has 3 rings (SSSR count). The first kappa shape index (κ1) is 24.1. The van der Waals surface area contributed by atoms with Crippen LogP contribution in [-0.4, -0.2) is 43.7 Å². The minimum absolute atomic E-state index is 0.0231. The fourth-order valence-electron chi connectivity index (χ4n) is 3.71. The first-order valence-corrected chi connectivity index (χ1v) is 11.2. The molecule has 1 fully saturated rings. The molecule has 0 unspecified atom stereocenters. The van der Waals surface area contributed by atoms with Gasteiger partial charge in [0.05, 0.1) is 10.5 Å². The zero-order valence-electron chi connectivity index (χ0n) is 17.1. The van der Waals surface area contributed by atoms with Crippen LogP contribution in [0.5, 0.6) is 0 Å². The molecule has 11 heteroatoms. The van der Waals surface area contributed by atoms with Crippen molar-refractivity contribution in [2.75, 3.05) is 20.1 Å². The summed E-state index contributed by atoms with van der Waals surface area (Å²) >= 11 is 0. The first-order chi connectivity index (χ1) is 14.9. The molecule has 5 nitrogen and oxygen atoms in total. The van der Waals surface area contributed by atoms with E-state index >= 15 is 0 Å². The number of benzene rings is 2. The second-order valence-corrected chi connectivity index (χ2v) is 9.54. The van der Waals surface area contributed by atoms with Gasteiger partial charge in [0.2, 0.25) is 15.9 Å². The monoisotopic (exact) mass is 476 g/mol. The third-order valence-electron chi connectivity index (χ3n) is 5.44. The summed E-state index contributed by atoms with van der Waals surface area (Å²) in [6.45, 7) is -0.280. The van der Waals surface area contributed by atoms with Crippen LogP contribution in [0.25, 0.3) is 0 Å². The van der Waals surface area contributed by atoms with Crippen molar-refractivity contribution in [3.63, 3.8) is 0 Å². The van der Waals surface area contributed by atoms with Crippen LogP contribution < -0.4 is 0 Å². The van der Waals surface area contributed by atoms with Gasteiger partial charge in [-0.15, -0.1) is 0 Å². The standard InChI is InChI=1S/C21H21F5N2O3S/c1-27(13-15-4-2-3-5-17(15)21(24,25)26)20(29)14-8-10-28(11-9-14)32(30,31)16-6-7-18(22)19(23)12-16/h2-7,12,14H,8-11,13H2,1H3. The average Bonchev–Trinajstić information content (AvgIpc) is 2.74. The van der Waals surface area contributed by atoms with E-state index in [-0.39, 0.29) is 48.8 Å². The smallest absolute Gasteiger partial charge is 0.341 e. The van der Waals surface area contributed by atoms with Gasteiger partial charge in [-0.3, -0.25) is 4.79 Å². The van der Waals surface area contributed by atoms with Crippen molar-refractivity contribution in [2.24, 2.45) is 5.92 Å². The Labute approximate surface area is 182 Å². The molecule has 1 heterocycles. The van der Waals surface area contributed by atoms with Gasteiger partial charge in [0, 0.05) is 32.6 Å². The van der Waals surface area contributed by atoms with Crippen molar-refractivity contribution in [1.82, 2.24) is 9.21 Å². The maximum atomic E-state index is 13.4. The van der Waals surface area contributed by atoms with E-state index in [1.54, 1.807) is 0 Å². The Kier molecular flexibility index (Phi) is 6.89. The summed E-state index contributed by atoms with van der Waals surface area (Å²) in [6.07, 6.45) is -4.22. The van der Waals surface area contributed by atoms with Crippen LogP contribution >= 0.6 is 0 Å². The van der Waals surface area contributed by atoms with Gasteiger partial charge in [0.25, 0.3) is 0 Å². The number of hydrogen-bond acceptors (Lipinski definition) is 3. The molecule has 0 N–H and O–H groups in total. The lowest BCUT2D eigenvalue weighted by molar-refractivity contribution is -0.140. The zero-order valence-corrected chi connectivity index (χ0v) is 17.9. The van der Waals surface area contributed by atoms with Crippen LogP contribution in [0.2, 0.25) is 0 Å². The molecule has 1 amide bonds. The van der Waals surface area contributed by atoms with E-state index in [4.69, 9.17) is 0 Å². The summed E-state index contributed by atoms with van der Waals surface area (Å²) in [6, 6.07) is 7.30. The largest absolute Gasteiger partial charge is 0.416 e. The van der Waals surface area contributed by atoms with Crippen molar-refractivity contribution >= 4 is 15.9 Å². The van der Waals surface area contributed by atoms with Gasteiger partial charge in [-0.2, -0.15) is 17.5 Å². The van der Waals surface area contributed by atoms with Crippen LogP contribution in [0, 0.1) is 17.6 Å². The van der Waals surface area contributed by atoms with Crippen molar-refractivity contribution in [2.45, 2.75) is 30.5 Å². The highest BCUT2D eigenvalue weighted by Gasteiger charge is 2.35. The van der Waals surface area contributed by atoms with Crippen molar-refractivity contribution in [1.29, 1.82) is 0 Å². The summed E-state index contributed by atoms with van der Waals surface area (Å²) in [4.78, 5) is 13.6. The predicted molar refractivity (Wildman–Crippen MR) is 106 cm³/mol. The number of halogens is 5. The Bertz CT molecular complexity index is 1100. The minimum atomic E-state index is -4.54. The van der Waals surface area contributed by atoms with E-state index in [9.17, 15) is 35.2 Å². The molecular weight excluding hydrogens is 455 g/mol. The number of alkyl halides is 3. The third kappa shape index (κ3) is 5.09. The number of nitrogens with zero attached hydrogens (tertiary/aromatic N) is 2. The molecule has 0 bridgehead atoms. The second kappa shape index (κ2) is 9.14. The zero-order chi connectivity index (χ0) is 23.7. The molecule has 0 aliphatic carbocycles. The number of piperidine rings is 1. The number of hydrogen-bond donors (Lipinski definition) is 0. The molecule has 0 spiro atoms.